The molecule has 0 spiro atoms. The van der Waals surface area contributed by atoms with Gasteiger partial charge in [-0.3, -0.25) is 14.5 Å². The molecule has 190 valence electrons. The third kappa shape index (κ3) is 5.78. The van der Waals surface area contributed by atoms with Crippen LogP contribution in [0.5, 0.6) is 11.5 Å². The lowest BCUT2D eigenvalue weighted by Gasteiger charge is -2.13. The Labute approximate surface area is 236 Å². The lowest BCUT2D eigenvalue weighted by atomic mass is 10.0. The molecule has 0 bridgehead atoms. The van der Waals surface area contributed by atoms with Crippen LogP contribution in [0, 0.1) is 0 Å². The van der Waals surface area contributed by atoms with Crippen molar-refractivity contribution < 1.29 is 23.9 Å². The van der Waals surface area contributed by atoms with Crippen LogP contribution in [-0.4, -0.2) is 35.2 Å². The maximum atomic E-state index is 12.9. The minimum Gasteiger partial charge on any atom is -0.492 e. The number of halogens is 2. The molecule has 0 radical (unpaired) electrons. The first kappa shape index (κ1) is 26.0. The largest absolute Gasteiger partial charge is 0.492 e. The summed E-state index contributed by atoms with van der Waals surface area (Å²) < 4.78 is 11.8. The number of thioether (sulfide) groups is 1. The van der Waals surface area contributed by atoms with Gasteiger partial charge in [0.25, 0.3) is 11.1 Å². The molecular weight excluding hydrogens is 590 g/mol. The van der Waals surface area contributed by atoms with Gasteiger partial charge in [-0.2, -0.15) is 0 Å². The van der Waals surface area contributed by atoms with Gasteiger partial charge >= 0.3 is 5.97 Å². The average molecular weight is 609 g/mol. The number of rotatable bonds is 7. The molecule has 6 nitrogen and oxygen atoms in total. The zero-order chi connectivity index (χ0) is 26.6. The van der Waals surface area contributed by atoms with Crippen LogP contribution in [0.15, 0.2) is 94.3 Å². The second-order valence-corrected chi connectivity index (χ2v) is 10.5. The van der Waals surface area contributed by atoms with Crippen molar-refractivity contribution in [2.45, 2.75) is 0 Å². The molecule has 5 rings (SSSR count). The Kier molecular flexibility index (Phi) is 7.83. The summed E-state index contributed by atoms with van der Waals surface area (Å²) in [6.07, 6.45) is 1.63. The summed E-state index contributed by atoms with van der Waals surface area (Å²) in [5.74, 6) is 0.0787. The van der Waals surface area contributed by atoms with E-state index in [4.69, 9.17) is 21.1 Å². The molecule has 0 atom stereocenters. The Hall–Kier alpha value is -3.59. The van der Waals surface area contributed by atoms with Gasteiger partial charge in [0.15, 0.2) is 0 Å². The molecule has 0 aromatic heterocycles. The Morgan fingerprint density at radius 3 is 2.53 bits per heavy atom. The molecule has 1 heterocycles. The van der Waals surface area contributed by atoms with Gasteiger partial charge in [-0.1, -0.05) is 54.1 Å². The van der Waals surface area contributed by atoms with E-state index in [-0.39, 0.29) is 24.3 Å². The molecule has 1 aliphatic heterocycles. The normalized spacial score (nSPS) is 14.4. The second-order valence-electron chi connectivity index (χ2n) is 8.24. The summed E-state index contributed by atoms with van der Waals surface area (Å²) >= 11 is 10.2. The maximum Gasteiger partial charge on any atom is 0.344 e. The predicted molar refractivity (Wildman–Crippen MR) is 153 cm³/mol. The number of amides is 2. The standard InChI is InChI=1S/C29H19BrClNO5S/c30-24-16-18(8-13-25(24)37-28(34)23-7-3-5-19-4-1-2-6-22(19)23)17-26-27(33)32(29(35)38-26)14-15-36-21-11-9-20(31)10-12-21/h1-13,16-17H,14-15H2/b26-17-. The van der Waals surface area contributed by atoms with E-state index in [9.17, 15) is 14.4 Å². The van der Waals surface area contributed by atoms with Gasteiger partial charge in [0.05, 0.1) is 21.5 Å². The number of imide groups is 1. The summed E-state index contributed by atoms with van der Waals surface area (Å²) in [5.41, 5.74) is 1.14. The average Bonchev–Trinajstić information content (AvgIpc) is 3.18. The fourth-order valence-electron chi connectivity index (χ4n) is 3.88. The number of benzene rings is 4. The van der Waals surface area contributed by atoms with E-state index in [0.717, 1.165) is 27.4 Å². The summed E-state index contributed by atoms with van der Waals surface area (Å²) in [6.45, 7) is 0.284. The summed E-state index contributed by atoms with van der Waals surface area (Å²) in [5, 5.41) is 1.99. The highest BCUT2D eigenvalue weighted by atomic mass is 79.9. The molecule has 9 heteroatoms. The molecule has 0 aliphatic carbocycles. The number of fused-ring (bicyclic) bond motifs is 1. The first-order valence-corrected chi connectivity index (χ1v) is 13.5. The molecule has 38 heavy (non-hydrogen) atoms. The predicted octanol–water partition coefficient (Wildman–Crippen LogP) is 7.59. The van der Waals surface area contributed by atoms with E-state index >= 15 is 0 Å². The Morgan fingerprint density at radius 1 is 0.974 bits per heavy atom. The SMILES string of the molecule is O=C(Oc1ccc(/C=C2\SC(=O)N(CCOc3ccc(Cl)cc3)C2=O)cc1Br)c1cccc2ccccc12. The van der Waals surface area contributed by atoms with E-state index in [1.165, 1.54) is 0 Å². The minimum absolute atomic E-state index is 0.122. The van der Waals surface area contributed by atoms with Gasteiger partial charge in [-0.25, -0.2) is 4.79 Å². The third-order valence-electron chi connectivity index (χ3n) is 5.74. The van der Waals surface area contributed by atoms with Crippen molar-refractivity contribution in [3.63, 3.8) is 0 Å². The topological polar surface area (TPSA) is 72.9 Å². The molecule has 1 fully saturated rings. The van der Waals surface area contributed by atoms with Crippen LogP contribution in [0.1, 0.15) is 15.9 Å². The van der Waals surface area contributed by atoms with Crippen molar-refractivity contribution in [1.29, 1.82) is 0 Å². The van der Waals surface area contributed by atoms with Gasteiger partial charge in [0.1, 0.15) is 18.1 Å². The molecular formula is C29H19BrClNO5S. The molecule has 4 aromatic rings. The third-order valence-corrected chi connectivity index (χ3v) is 7.52. The van der Waals surface area contributed by atoms with E-state index in [2.05, 4.69) is 15.9 Å². The van der Waals surface area contributed by atoms with Crippen LogP contribution in [0.3, 0.4) is 0 Å². The fourth-order valence-corrected chi connectivity index (χ4v) is 5.35. The van der Waals surface area contributed by atoms with Crippen molar-refractivity contribution in [2.24, 2.45) is 0 Å². The molecule has 1 aliphatic rings. The lowest BCUT2D eigenvalue weighted by Crippen LogP contribution is -2.32. The highest BCUT2D eigenvalue weighted by Crippen LogP contribution is 2.34. The highest BCUT2D eigenvalue weighted by Gasteiger charge is 2.34. The van der Waals surface area contributed by atoms with Crippen molar-refractivity contribution >= 4 is 73.3 Å². The number of nitrogens with zero attached hydrogens (tertiary/aromatic N) is 1. The van der Waals surface area contributed by atoms with Gasteiger partial charge < -0.3 is 9.47 Å². The Bertz CT molecular complexity index is 1580. The Morgan fingerprint density at radius 2 is 1.74 bits per heavy atom. The van der Waals surface area contributed by atoms with E-state index in [1.807, 2.05) is 36.4 Å². The van der Waals surface area contributed by atoms with Crippen LogP contribution in [0.4, 0.5) is 4.79 Å². The van der Waals surface area contributed by atoms with Crippen molar-refractivity contribution in [2.75, 3.05) is 13.2 Å². The Balaban J connectivity index is 1.24. The van der Waals surface area contributed by atoms with Gasteiger partial charge in [-0.15, -0.1) is 0 Å². The van der Waals surface area contributed by atoms with E-state index in [1.54, 1.807) is 54.6 Å². The number of hydrogen-bond donors (Lipinski definition) is 0. The van der Waals surface area contributed by atoms with E-state index < -0.39 is 5.97 Å². The molecule has 2 amide bonds. The first-order chi connectivity index (χ1) is 18.4. The number of carbonyl (C=O) groups excluding carboxylic acids is 3. The number of esters is 1. The maximum absolute atomic E-state index is 12.9. The highest BCUT2D eigenvalue weighted by molar-refractivity contribution is 9.10. The summed E-state index contributed by atoms with van der Waals surface area (Å²) in [4.78, 5) is 39.6. The van der Waals surface area contributed by atoms with Crippen LogP contribution in [-0.2, 0) is 4.79 Å². The minimum atomic E-state index is -0.475. The molecule has 0 unspecified atom stereocenters. The van der Waals surface area contributed by atoms with Crippen LogP contribution in [0.2, 0.25) is 5.02 Å². The van der Waals surface area contributed by atoms with Gasteiger partial charge in [0.2, 0.25) is 0 Å². The lowest BCUT2D eigenvalue weighted by molar-refractivity contribution is -0.123. The summed E-state index contributed by atoms with van der Waals surface area (Å²) in [6, 6.07) is 25.0. The van der Waals surface area contributed by atoms with Crippen LogP contribution < -0.4 is 9.47 Å². The zero-order valence-corrected chi connectivity index (χ0v) is 22.9. The number of ether oxygens (including phenoxy) is 2. The van der Waals surface area contributed by atoms with E-state index in [0.29, 0.717) is 37.0 Å². The number of carbonyl (C=O) groups is 3. The molecule has 0 N–H and O–H groups in total. The van der Waals surface area contributed by atoms with Crippen LogP contribution >= 0.6 is 39.3 Å². The second kappa shape index (κ2) is 11.4. The molecule has 4 aromatic carbocycles. The fraction of sp³-hybridized carbons (Fsp3) is 0.0690. The van der Waals surface area contributed by atoms with Gasteiger partial charge in [0, 0.05) is 5.02 Å². The number of hydrogen-bond acceptors (Lipinski definition) is 6. The summed E-state index contributed by atoms with van der Waals surface area (Å²) in [7, 11) is 0. The quantitative estimate of drug-likeness (QED) is 0.122. The molecule has 0 saturated carbocycles. The first-order valence-electron chi connectivity index (χ1n) is 11.5. The zero-order valence-electron chi connectivity index (χ0n) is 19.7. The van der Waals surface area contributed by atoms with Crippen molar-refractivity contribution in [3.8, 4) is 11.5 Å². The van der Waals surface area contributed by atoms with Crippen LogP contribution in [0.25, 0.3) is 16.8 Å². The smallest absolute Gasteiger partial charge is 0.344 e. The van der Waals surface area contributed by atoms with Crippen molar-refractivity contribution in [3.05, 3.63) is 110 Å². The molecule has 1 saturated heterocycles. The van der Waals surface area contributed by atoms with Gasteiger partial charge in [-0.05, 0) is 92.6 Å². The van der Waals surface area contributed by atoms with Crippen molar-refractivity contribution in [1.82, 2.24) is 4.90 Å². The monoisotopic (exact) mass is 607 g/mol.